The molecule has 12 heteroatoms. The normalized spacial score (nSPS) is 11.6. The third-order valence-electron chi connectivity index (χ3n) is 4.56. The van der Waals surface area contributed by atoms with Crippen molar-refractivity contribution in [3.05, 3.63) is 70.3 Å². The van der Waals surface area contributed by atoms with Gasteiger partial charge in [0.15, 0.2) is 9.84 Å². The number of amides is 2. The first-order valence-electron chi connectivity index (χ1n) is 9.49. The second kappa shape index (κ2) is 10.0. The van der Waals surface area contributed by atoms with Crippen LogP contribution in [-0.2, 0) is 33.0 Å². The average Bonchev–Trinajstić information content (AvgIpc) is 3.19. The van der Waals surface area contributed by atoms with Crippen LogP contribution in [0, 0.1) is 0 Å². The Bertz CT molecular complexity index is 1320. The van der Waals surface area contributed by atoms with E-state index in [0.717, 1.165) is 21.4 Å². The van der Waals surface area contributed by atoms with Gasteiger partial charge in [0.05, 0.1) is 22.1 Å². The van der Waals surface area contributed by atoms with E-state index in [9.17, 15) is 18.0 Å². The maximum atomic E-state index is 13.5. The van der Waals surface area contributed by atoms with E-state index >= 15 is 0 Å². The van der Waals surface area contributed by atoms with Crippen LogP contribution >= 0.6 is 11.6 Å². The fraction of sp³-hybridized carbons (Fsp3) is 0.190. The minimum atomic E-state index is -3.65. The number of imide groups is 1. The molecule has 0 radical (unpaired) electrons. The zero-order chi connectivity index (χ0) is 24.2. The molecule has 33 heavy (non-hydrogen) atoms. The summed E-state index contributed by atoms with van der Waals surface area (Å²) in [5.74, 6) is -1.70. The summed E-state index contributed by atoms with van der Waals surface area (Å²) in [6.07, 6.45) is 3.77. The predicted molar refractivity (Wildman–Crippen MR) is 121 cm³/mol. The average molecular weight is 490 g/mol. The number of halogens is 1. The lowest BCUT2D eigenvalue weighted by Gasteiger charge is -2.19. The Kier molecular flexibility index (Phi) is 7.36. The van der Waals surface area contributed by atoms with Crippen LogP contribution in [0.15, 0.2) is 53.4 Å². The molecular formula is C21H20ClN5O5S. The maximum absolute atomic E-state index is 13.5. The van der Waals surface area contributed by atoms with Crippen LogP contribution < -0.4 is 4.90 Å². The zero-order valence-electron chi connectivity index (χ0n) is 18.0. The van der Waals surface area contributed by atoms with Gasteiger partial charge in [-0.15, -0.1) is 0 Å². The Morgan fingerprint density at radius 3 is 2.45 bits per heavy atom. The number of hydrogen-bond donors (Lipinski definition) is 0. The number of benzene rings is 2. The molecule has 0 spiro atoms. The van der Waals surface area contributed by atoms with E-state index in [1.807, 2.05) is 6.07 Å². The van der Waals surface area contributed by atoms with Crippen molar-refractivity contribution in [2.75, 3.05) is 18.3 Å². The molecule has 0 bridgehead atoms. The van der Waals surface area contributed by atoms with Gasteiger partial charge in [-0.2, -0.15) is 0 Å². The summed E-state index contributed by atoms with van der Waals surface area (Å²) in [5.41, 5.74) is 0.740. The van der Waals surface area contributed by atoms with Gasteiger partial charge in [-0.3, -0.25) is 9.59 Å². The van der Waals surface area contributed by atoms with E-state index in [1.54, 1.807) is 24.3 Å². The van der Waals surface area contributed by atoms with Crippen LogP contribution in [0.4, 0.5) is 5.95 Å². The van der Waals surface area contributed by atoms with Gasteiger partial charge in [0.25, 0.3) is 17.8 Å². The van der Waals surface area contributed by atoms with Crippen LogP contribution in [0.1, 0.15) is 21.5 Å². The van der Waals surface area contributed by atoms with E-state index in [-0.39, 0.29) is 33.6 Å². The fourth-order valence-electron chi connectivity index (χ4n) is 3.03. The molecule has 0 aliphatic rings. The van der Waals surface area contributed by atoms with E-state index in [0.29, 0.717) is 0 Å². The number of nitrogens with zero attached hydrogens (tertiary/aromatic N) is 5. The molecule has 2 aromatic carbocycles. The number of tetrazole rings is 1. The number of hydrogen-bond acceptors (Lipinski definition) is 8. The molecule has 10 nitrogen and oxygen atoms in total. The monoisotopic (exact) mass is 489 g/mol. The van der Waals surface area contributed by atoms with Gasteiger partial charge in [0.1, 0.15) is 0 Å². The molecule has 3 aromatic rings. The number of ether oxygens (including phenoxy) is 1. The summed E-state index contributed by atoms with van der Waals surface area (Å²) in [6.45, 7) is -0.157. The van der Waals surface area contributed by atoms with E-state index in [4.69, 9.17) is 16.3 Å². The summed E-state index contributed by atoms with van der Waals surface area (Å²) in [5, 5.41) is 10.8. The van der Waals surface area contributed by atoms with Gasteiger partial charge >= 0.3 is 0 Å². The topological polar surface area (TPSA) is 124 Å². The molecule has 0 aliphatic carbocycles. The highest BCUT2D eigenvalue weighted by Gasteiger charge is 2.31. The van der Waals surface area contributed by atoms with Crippen molar-refractivity contribution in [1.82, 2.24) is 20.2 Å². The zero-order valence-corrected chi connectivity index (χ0v) is 19.5. The summed E-state index contributed by atoms with van der Waals surface area (Å²) >= 11 is 6.44. The van der Waals surface area contributed by atoms with Crippen molar-refractivity contribution < 1.29 is 22.7 Å². The molecule has 1 heterocycles. The number of sulfone groups is 1. The van der Waals surface area contributed by atoms with Crippen molar-refractivity contribution in [3.63, 3.8) is 0 Å². The number of aromatic nitrogens is 4. The maximum Gasteiger partial charge on any atom is 0.269 e. The molecule has 0 atom stereocenters. The van der Waals surface area contributed by atoms with Crippen molar-refractivity contribution in [3.8, 4) is 0 Å². The lowest BCUT2D eigenvalue weighted by Crippen LogP contribution is -2.38. The van der Waals surface area contributed by atoms with Crippen LogP contribution in [-0.4, -0.2) is 53.8 Å². The summed E-state index contributed by atoms with van der Waals surface area (Å²) in [7, 11) is -0.816. The Morgan fingerprint density at radius 2 is 1.88 bits per heavy atom. The summed E-state index contributed by atoms with van der Waals surface area (Å²) < 4.78 is 30.5. The Morgan fingerprint density at radius 1 is 1.18 bits per heavy atom. The number of carbonyl (C=O) groups excluding carboxylic acids is 2. The molecule has 0 N–H and O–H groups in total. The van der Waals surface area contributed by atoms with Crippen molar-refractivity contribution in [2.24, 2.45) is 7.05 Å². The third-order valence-corrected chi connectivity index (χ3v) is 6.17. The van der Waals surface area contributed by atoms with Crippen molar-refractivity contribution in [2.45, 2.75) is 11.5 Å². The molecule has 0 saturated carbocycles. The quantitative estimate of drug-likeness (QED) is 0.463. The summed E-state index contributed by atoms with van der Waals surface area (Å²) in [4.78, 5) is 27.2. The third kappa shape index (κ3) is 5.33. The van der Waals surface area contributed by atoms with Gasteiger partial charge in [-0.05, 0) is 34.2 Å². The highest BCUT2D eigenvalue weighted by Crippen LogP contribution is 2.30. The molecule has 172 valence electrons. The van der Waals surface area contributed by atoms with E-state index in [2.05, 4.69) is 15.5 Å². The second-order valence-corrected chi connectivity index (χ2v) is 9.30. The van der Waals surface area contributed by atoms with E-state index in [1.165, 1.54) is 38.4 Å². The fourth-order valence-corrected chi connectivity index (χ4v) is 4.31. The largest absolute Gasteiger partial charge is 0.380 e. The molecule has 3 rings (SSSR count). The SMILES string of the molecule is COCc1c(S(C)(=O)=O)ccc(C(=O)N(C(=O)/C=C/c2ccccc2)c2nnnn2C)c1Cl. The Labute approximate surface area is 195 Å². The smallest absolute Gasteiger partial charge is 0.269 e. The molecule has 2 amide bonds. The molecular weight excluding hydrogens is 470 g/mol. The lowest BCUT2D eigenvalue weighted by molar-refractivity contribution is -0.113. The number of methoxy groups -OCH3 is 1. The van der Waals surface area contributed by atoms with Gasteiger partial charge in [-0.1, -0.05) is 47.0 Å². The van der Waals surface area contributed by atoms with Gasteiger partial charge in [-0.25, -0.2) is 18.0 Å². The molecule has 0 fully saturated rings. The number of aryl methyl sites for hydroxylation is 1. The first-order chi connectivity index (χ1) is 15.6. The first kappa shape index (κ1) is 24.2. The minimum Gasteiger partial charge on any atom is -0.380 e. The standard InChI is InChI=1S/C21H20ClN5O5S/c1-26-21(23-24-25-26)27(18(28)12-9-14-7-5-4-6-8-14)20(29)15-10-11-17(33(3,30)31)16(13-32-2)19(15)22/h4-12H,13H2,1-3H3/b12-9+. The number of carbonyl (C=O) groups is 2. The van der Waals surface area contributed by atoms with Crippen LogP contribution in [0.3, 0.4) is 0 Å². The van der Waals surface area contributed by atoms with Crippen molar-refractivity contribution >= 4 is 45.3 Å². The van der Waals surface area contributed by atoms with Crippen LogP contribution in [0.5, 0.6) is 0 Å². The molecule has 0 unspecified atom stereocenters. The lowest BCUT2D eigenvalue weighted by atomic mass is 10.1. The van der Waals surface area contributed by atoms with Crippen LogP contribution in [0.2, 0.25) is 5.02 Å². The van der Waals surface area contributed by atoms with Gasteiger partial charge in [0, 0.05) is 32.1 Å². The summed E-state index contributed by atoms with van der Waals surface area (Å²) in [6, 6.07) is 11.5. The first-order valence-corrected chi connectivity index (χ1v) is 11.8. The van der Waals surface area contributed by atoms with Gasteiger partial charge < -0.3 is 4.74 Å². The highest BCUT2D eigenvalue weighted by atomic mass is 35.5. The predicted octanol–water partition coefficient (Wildman–Crippen LogP) is 2.30. The number of anilines is 1. The van der Waals surface area contributed by atoms with E-state index < -0.39 is 21.7 Å². The minimum absolute atomic E-state index is 0.0759. The molecule has 1 aromatic heterocycles. The highest BCUT2D eigenvalue weighted by molar-refractivity contribution is 7.90. The second-order valence-electron chi connectivity index (χ2n) is 6.93. The van der Waals surface area contributed by atoms with Crippen LogP contribution in [0.25, 0.3) is 6.08 Å². The van der Waals surface area contributed by atoms with Gasteiger partial charge in [0.2, 0.25) is 0 Å². The molecule has 0 saturated heterocycles. The van der Waals surface area contributed by atoms with Crippen molar-refractivity contribution in [1.29, 1.82) is 0 Å². The Balaban J connectivity index is 2.09. The number of rotatable bonds is 7. The Hall–Kier alpha value is -3.41. The molecule has 0 aliphatic heterocycles.